The molecule has 1 N–H and O–H groups in total. The van der Waals surface area contributed by atoms with Gasteiger partial charge in [0.25, 0.3) is 0 Å². The summed E-state index contributed by atoms with van der Waals surface area (Å²) < 4.78 is 27.2. The highest BCUT2D eigenvalue weighted by Crippen LogP contribution is 2.32. The second kappa shape index (κ2) is 6.11. The molecule has 0 saturated carbocycles. The Labute approximate surface area is 123 Å². The fourth-order valence-electron chi connectivity index (χ4n) is 1.90. The predicted molar refractivity (Wildman–Crippen MR) is 78.6 cm³/mol. The monoisotopic (exact) mass is 345 g/mol. The summed E-state index contributed by atoms with van der Waals surface area (Å²) in [5, 5.41) is 3.21. The Bertz CT molecular complexity index is 563. The Balaban J connectivity index is 2.21. The first-order valence-corrected chi connectivity index (χ1v) is 7.49. The molecule has 1 unspecified atom stereocenters. The van der Waals surface area contributed by atoms with Crippen LogP contribution in [-0.4, -0.2) is 7.05 Å². The maximum absolute atomic E-state index is 13.2. The van der Waals surface area contributed by atoms with E-state index in [4.69, 9.17) is 0 Å². The van der Waals surface area contributed by atoms with Crippen molar-refractivity contribution >= 4 is 27.3 Å². The van der Waals surface area contributed by atoms with E-state index in [0.717, 1.165) is 9.35 Å². The molecule has 1 nitrogen and oxygen atoms in total. The van der Waals surface area contributed by atoms with Crippen LogP contribution in [0.5, 0.6) is 0 Å². The first-order valence-electron chi connectivity index (χ1n) is 5.88. The molecular weight excluding hydrogens is 332 g/mol. The van der Waals surface area contributed by atoms with Gasteiger partial charge in [-0.3, -0.25) is 0 Å². The molecule has 0 fully saturated rings. The summed E-state index contributed by atoms with van der Waals surface area (Å²) in [6.45, 7) is 2.04. The zero-order valence-electron chi connectivity index (χ0n) is 10.6. The predicted octanol–water partition coefficient (Wildman–Crippen LogP) is 4.60. The lowest BCUT2D eigenvalue weighted by atomic mass is 10.0. The first kappa shape index (κ1) is 14.6. The van der Waals surface area contributed by atoms with Crippen molar-refractivity contribution in [3.63, 3.8) is 0 Å². The van der Waals surface area contributed by atoms with Crippen LogP contribution < -0.4 is 5.32 Å². The highest BCUT2D eigenvalue weighted by molar-refractivity contribution is 9.11. The molecule has 1 atom stereocenters. The average molecular weight is 346 g/mol. The molecular formula is C14H14BrF2NS. The molecule has 102 valence electrons. The molecule has 1 aromatic carbocycles. The molecule has 0 radical (unpaired) electrons. The third-order valence-electron chi connectivity index (χ3n) is 2.99. The highest BCUT2D eigenvalue weighted by atomic mass is 79.9. The van der Waals surface area contributed by atoms with E-state index in [-0.39, 0.29) is 6.04 Å². The second-order valence-electron chi connectivity index (χ2n) is 4.40. The van der Waals surface area contributed by atoms with Crippen molar-refractivity contribution in [2.45, 2.75) is 19.4 Å². The van der Waals surface area contributed by atoms with Gasteiger partial charge in [-0.1, -0.05) is 6.07 Å². The quantitative estimate of drug-likeness (QED) is 0.853. The normalized spacial score (nSPS) is 12.7. The van der Waals surface area contributed by atoms with Gasteiger partial charge in [0.15, 0.2) is 11.6 Å². The number of halogens is 3. The van der Waals surface area contributed by atoms with Gasteiger partial charge in [-0.2, -0.15) is 0 Å². The van der Waals surface area contributed by atoms with Gasteiger partial charge in [-0.25, -0.2) is 8.78 Å². The summed E-state index contributed by atoms with van der Waals surface area (Å²) in [6.07, 6.45) is 0.625. The zero-order chi connectivity index (χ0) is 14.0. The van der Waals surface area contributed by atoms with Gasteiger partial charge >= 0.3 is 0 Å². The third-order valence-corrected chi connectivity index (χ3v) is 5.24. The summed E-state index contributed by atoms with van der Waals surface area (Å²) in [4.78, 5) is 1.18. The summed E-state index contributed by atoms with van der Waals surface area (Å²) in [7, 11) is 1.87. The molecule has 2 aromatic rings. The minimum Gasteiger partial charge on any atom is -0.312 e. The van der Waals surface area contributed by atoms with E-state index >= 15 is 0 Å². The minimum atomic E-state index is -0.806. The summed E-state index contributed by atoms with van der Waals surface area (Å²) in [5.74, 6) is -1.60. The van der Waals surface area contributed by atoms with Gasteiger partial charge in [0.2, 0.25) is 0 Å². The lowest BCUT2D eigenvalue weighted by Crippen LogP contribution is -2.17. The SMILES string of the molecule is CNC(Cc1ccc(F)c(F)c1)c1cc(C)c(Br)s1. The number of likely N-dealkylation sites (N-methyl/N-ethyl adjacent to an activating group) is 1. The van der Waals surface area contributed by atoms with Crippen LogP contribution in [0.4, 0.5) is 8.78 Å². The second-order valence-corrected chi connectivity index (χ2v) is 6.80. The summed E-state index contributed by atoms with van der Waals surface area (Å²) in [6, 6.07) is 6.26. The zero-order valence-corrected chi connectivity index (χ0v) is 13.0. The Hall–Kier alpha value is -0.780. The van der Waals surface area contributed by atoms with E-state index in [1.165, 1.54) is 22.6 Å². The van der Waals surface area contributed by atoms with Gasteiger partial charge in [0.05, 0.1) is 3.79 Å². The van der Waals surface area contributed by atoms with Crippen LogP contribution in [0.3, 0.4) is 0 Å². The van der Waals surface area contributed by atoms with Crippen LogP contribution in [0.2, 0.25) is 0 Å². The number of hydrogen-bond donors (Lipinski definition) is 1. The van der Waals surface area contributed by atoms with Gasteiger partial charge in [-0.05, 0) is 65.6 Å². The molecule has 0 aliphatic carbocycles. The Morgan fingerprint density at radius 2 is 2.00 bits per heavy atom. The lowest BCUT2D eigenvalue weighted by Gasteiger charge is -2.14. The van der Waals surface area contributed by atoms with Crippen LogP contribution >= 0.6 is 27.3 Å². The lowest BCUT2D eigenvalue weighted by molar-refractivity contribution is 0.505. The summed E-state index contributed by atoms with van der Waals surface area (Å²) >= 11 is 5.16. The molecule has 0 amide bonds. The van der Waals surface area contributed by atoms with E-state index in [2.05, 4.69) is 27.3 Å². The smallest absolute Gasteiger partial charge is 0.159 e. The van der Waals surface area contributed by atoms with Crippen molar-refractivity contribution in [1.82, 2.24) is 5.32 Å². The van der Waals surface area contributed by atoms with Crippen molar-refractivity contribution in [3.8, 4) is 0 Å². The van der Waals surface area contributed by atoms with E-state index in [0.29, 0.717) is 6.42 Å². The Morgan fingerprint density at radius 1 is 1.26 bits per heavy atom. The van der Waals surface area contributed by atoms with E-state index in [1.807, 2.05) is 14.0 Å². The minimum absolute atomic E-state index is 0.0971. The largest absolute Gasteiger partial charge is 0.312 e. The fraction of sp³-hybridized carbons (Fsp3) is 0.286. The molecule has 2 rings (SSSR count). The van der Waals surface area contributed by atoms with Crippen molar-refractivity contribution < 1.29 is 8.78 Å². The molecule has 19 heavy (non-hydrogen) atoms. The van der Waals surface area contributed by atoms with Crippen LogP contribution in [0.1, 0.15) is 22.0 Å². The van der Waals surface area contributed by atoms with Gasteiger partial charge in [0, 0.05) is 10.9 Å². The molecule has 0 aliphatic heterocycles. The van der Waals surface area contributed by atoms with Crippen LogP contribution in [0, 0.1) is 18.6 Å². The third kappa shape index (κ3) is 3.41. The maximum Gasteiger partial charge on any atom is 0.159 e. The van der Waals surface area contributed by atoms with Gasteiger partial charge < -0.3 is 5.32 Å². The number of rotatable bonds is 4. The topological polar surface area (TPSA) is 12.0 Å². The number of thiophene rings is 1. The van der Waals surface area contributed by atoms with E-state index in [9.17, 15) is 8.78 Å². The van der Waals surface area contributed by atoms with Gasteiger partial charge in [0.1, 0.15) is 0 Å². The standard InChI is InChI=1S/C14H14BrF2NS/c1-8-5-13(19-14(8)15)12(18-2)7-9-3-4-10(16)11(17)6-9/h3-6,12,18H,7H2,1-2H3. The number of benzene rings is 1. The van der Waals surface area contributed by atoms with Crippen molar-refractivity contribution in [2.75, 3.05) is 7.05 Å². The van der Waals surface area contributed by atoms with Crippen molar-refractivity contribution in [1.29, 1.82) is 0 Å². The van der Waals surface area contributed by atoms with Crippen molar-refractivity contribution in [2.24, 2.45) is 0 Å². The van der Waals surface area contributed by atoms with Crippen LogP contribution in [-0.2, 0) is 6.42 Å². The molecule has 0 aliphatic rings. The number of aryl methyl sites for hydroxylation is 1. The Morgan fingerprint density at radius 3 is 2.53 bits per heavy atom. The molecule has 0 saturated heterocycles. The highest BCUT2D eigenvalue weighted by Gasteiger charge is 2.15. The summed E-state index contributed by atoms with van der Waals surface area (Å²) in [5.41, 5.74) is 1.96. The first-order chi connectivity index (χ1) is 9.01. The fourth-order valence-corrected chi connectivity index (χ4v) is 3.58. The van der Waals surface area contributed by atoms with Crippen LogP contribution in [0.25, 0.3) is 0 Å². The Kier molecular flexibility index (Phi) is 4.71. The number of nitrogens with one attached hydrogen (secondary N) is 1. The van der Waals surface area contributed by atoms with Crippen molar-refractivity contribution in [3.05, 3.63) is 55.7 Å². The van der Waals surface area contributed by atoms with Gasteiger partial charge in [-0.15, -0.1) is 11.3 Å². The molecule has 5 heteroatoms. The van der Waals surface area contributed by atoms with E-state index in [1.54, 1.807) is 17.4 Å². The average Bonchev–Trinajstić information content (AvgIpc) is 2.71. The molecule has 0 spiro atoms. The number of hydrogen-bond acceptors (Lipinski definition) is 2. The van der Waals surface area contributed by atoms with E-state index < -0.39 is 11.6 Å². The molecule has 0 bridgehead atoms. The molecule has 1 aromatic heterocycles. The molecule has 1 heterocycles. The van der Waals surface area contributed by atoms with Crippen LogP contribution in [0.15, 0.2) is 28.1 Å². The maximum atomic E-state index is 13.2.